The molecule has 1 heterocycles. The minimum absolute atomic E-state index is 0.00357. The highest BCUT2D eigenvalue weighted by molar-refractivity contribution is 6.60. The molecule has 0 radical (unpaired) electrons. The minimum atomic E-state index is -2.87. The molecule has 0 saturated carbocycles. The summed E-state index contributed by atoms with van der Waals surface area (Å²) in [5.74, 6) is -0.608. The third-order valence-corrected chi connectivity index (χ3v) is 5.13. The van der Waals surface area contributed by atoms with E-state index in [-0.39, 0.29) is 18.1 Å². The van der Waals surface area contributed by atoms with Crippen LogP contribution in [0, 0.1) is 5.92 Å². The van der Waals surface area contributed by atoms with Crippen LogP contribution < -0.4 is 0 Å². The molecule has 0 aliphatic carbocycles. The lowest BCUT2D eigenvalue weighted by Gasteiger charge is -2.24. The summed E-state index contributed by atoms with van der Waals surface area (Å²) in [4.78, 5) is 15.8. The number of imidazole rings is 1. The Morgan fingerprint density at radius 3 is 2.42 bits per heavy atom. The van der Waals surface area contributed by atoms with Crippen LogP contribution in [0.3, 0.4) is 0 Å². The molecule has 0 saturated heterocycles. The first kappa shape index (κ1) is 15.8. The summed E-state index contributed by atoms with van der Waals surface area (Å²) < 4.78 is 22.5. The van der Waals surface area contributed by atoms with Gasteiger partial charge >= 0.3 is 14.8 Å². The van der Waals surface area contributed by atoms with Crippen LogP contribution in [0.4, 0.5) is 0 Å². The van der Waals surface area contributed by atoms with Gasteiger partial charge in [0, 0.05) is 40.3 Å². The number of hydrogen-bond donors (Lipinski definition) is 0. The van der Waals surface area contributed by atoms with Crippen molar-refractivity contribution >= 4 is 14.8 Å². The van der Waals surface area contributed by atoms with E-state index in [2.05, 4.69) is 4.98 Å². The monoisotopic (exact) mass is 288 g/mol. The maximum Gasteiger partial charge on any atom is 0.539 e. The van der Waals surface area contributed by atoms with E-state index in [9.17, 15) is 4.79 Å². The molecule has 0 aromatic carbocycles. The number of hydrogen-bond acceptors (Lipinski definition) is 6. The second-order valence-corrected chi connectivity index (χ2v) is 6.94. The van der Waals surface area contributed by atoms with Gasteiger partial charge in [0.2, 0.25) is 0 Å². The molecule has 1 atom stereocenters. The zero-order chi connectivity index (χ0) is 14.3. The summed E-state index contributed by atoms with van der Waals surface area (Å²) in [6, 6.07) is 0. The van der Waals surface area contributed by atoms with E-state index in [0.29, 0.717) is 6.54 Å². The lowest BCUT2D eigenvalue weighted by molar-refractivity contribution is -0.148. The first-order chi connectivity index (χ1) is 9.06. The van der Waals surface area contributed by atoms with Gasteiger partial charge in [-0.15, -0.1) is 0 Å². The van der Waals surface area contributed by atoms with Crippen molar-refractivity contribution in [1.29, 1.82) is 0 Å². The zero-order valence-electron chi connectivity index (χ0n) is 11.7. The Balaban J connectivity index is 2.46. The largest absolute Gasteiger partial charge is 0.539 e. The van der Waals surface area contributed by atoms with E-state index >= 15 is 0 Å². The number of esters is 1. The number of carbonyl (C=O) groups is 1. The van der Waals surface area contributed by atoms with Crippen LogP contribution in [0.1, 0.15) is 6.92 Å². The Hall–Kier alpha value is -1.22. The van der Waals surface area contributed by atoms with Crippen LogP contribution in [-0.4, -0.2) is 51.9 Å². The number of aromatic nitrogens is 2. The molecule has 8 heteroatoms. The molecule has 7 nitrogen and oxygen atoms in total. The Kier molecular flexibility index (Phi) is 6.16. The molecule has 0 amide bonds. The van der Waals surface area contributed by atoms with Gasteiger partial charge in [0.05, 0.1) is 12.2 Å². The topological polar surface area (TPSA) is 71.8 Å². The first-order valence-electron chi connectivity index (χ1n) is 5.84. The SMILES string of the molecule is CO[Si](COC(=O)C(C)Cn1ccnc1)(OC)OC. The second kappa shape index (κ2) is 7.39. The Bertz CT molecular complexity index is 372. The third kappa shape index (κ3) is 4.42. The van der Waals surface area contributed by atoms with Crippen molar-refractivity contribution < 1.29 is 22.8 Å². The first-order valence-corrected chi connectivity index (χ1v) is 7.78. The van der Waals surface area contributed by atoms with Crippen LogP contribution in [0.25, 0.3) is 0 Å². The molecule has 1 rings (SSSR count). The summed E-state index contributed by atoms with van der Waals surface area (Å²) in [7, 11) is 1.56. The molecule has 0 fully saturated rings. The number of nitrogens with zero attached hydrogens (tertiary/aromatic N) is 2. The molecule has 108 valence electrons. The summed E-state index contributed by atoms with van der Waals surface area (Å²) >= 11 is 0. The van der Waals surface area contributed by atoms with Crippen molar-refractivity contribution in [2.24, 2.45) is 5.92 Å². The predicted octanol–water partition coefficient (Wildman–Crippen LogP) is 0.480. The summed E-state index contributed by atoms with van der Waals surface area (Å²) in [5.41, 5.74) is 0. The molecular weight excluding hydrogens is 268 g/mol. The summed E-state index contributed by atoms with van der Waals surface area (Å²) in [5, 5.41) is 0. The van der Waals surface area contributed by atoms with Gasteiger partial charge in [-0.2, -0.15) is 0 Å². The molecular formula is C11H20N2O5Si. The fourth-order valence-electron chi connectivity index (χ4n) is 1.51. The van der Waals surface area contributed by atoms with Gasteiger partial charge < -0.3 is 22.6 Å². The maximum atomic E-state index is 11.9. The van der Waals surface area contributed by atoms with Crippen LogP contribution >= 0.6 is 0 Å². The molecule has 0 N–H and O–H groups in total. The van der Waals surface area contributed by atoms with Gasteiger partial charge in [-0.25, -0.2) is 4.98 Å². The number of carbonyl (C=O) groups excluding carboxylic acids is 1. The zero-order valence-corrected chi connectivity index (χ0v) is 12.7. The summed E-state index contributed by atoms with van der Waals surface area (Å²) in [6.45, 7) is 2.30. The van der Waals surface area contributed by atoms with E-state index in [4.69, 9.17) is 18.0 Å². The van der Waals surface area contributed by atoms with Gasteiger partial charge in [0.15, 0.2) is 6.23 Å². The van der Waals surface area contributed by atoms with Crippen molar-refractivity contribution in [3.05, 3.63) is 18.7 Å². The quantitative estimate of drug-likeness (QED) is 0.512. The highest BCUT2D eigenvalue weighted by atomic mass is 28.4. The van der Waals surface area contributed by atoms with Crippen molar-refractivity contribution in [3.8, 4) is 0 Å². The second-order valence-electron chi connectivity index (χ2n) is 4.06. The van der Waals surface area contributed by atoms with Crippen molar-refractivity contribution in [2.75, 3.05) is 27.6 Å². The van der Waals surface area contributed by atoms with Gasteiger partial charge in [-0.3, -0.25) is 4.79 Å². The average Bonchev–Trinajstić information content (AvgIpc) is 2.93. The Morgan fingerprint density at radius 2 is 1.95 bits per heavy atom. The molecule has 1 aromatic heterocycles. The maximum absolute atomic E-state index is 11.9. The predicted molar refractivity (Wildman–Crippen MR) is 69.1 cm³/mol. The van der Waals surface area contributed by atoms with E-state index in [1.807, 2.05) is 4.57 Å². The molecule has 1 aromatic rings. The van der Waals surface area contributed by atoms with Gasteiger partial charge in [0.25, 0.3) is 0 Å². The molecule has 0 aliphatic heterocycles. The van der Waals surface area contributed by atoms with Crippen LogP contribution in [0.5, 0.6) is 0 Å². The van der Waals surface area contributed by atoms with Gasteiger partial charge in [-0.1, -0.05) is 6.92 Å². The van der Waals surface area contributed by atoms with Crippen LogP contribution in [-0.2, 0) is 29.4 Å². The molecule has 19 heavy (non-hydrogen) atoms. The molecule has 1 unspecified atom stereocenters. The molecule has 0 aliphatic rings. The van der Waals surface area contributed by atoms with Gasteiger partial charge in [0.1, 0.15) is 0 Å². The molecule has 0 spiro atoms. The smallest absolute Gasteiger partial charge is 0.461 e. The lowest BCUT2D eigenvalue weighted by Crippen LogP contribution is -2.49. The van der Waals surface area contributed by atoms with Crippen molar-refractivity contribution in [1.82, 2.24) is 9.55 Å². The molecule has 0 bridgehead atoms. The van der Waals surface area contributed by atoms with E-state index < -0.39 is 8.80 Å². The highest BCUT2D eigenvalue weighted by Gasteiger charge is 2.40. The minimum Gasteiger partial charge on any atom is -0.461 e. The standard InChI is InChI=1S/C11H20N2O5Si/c1-10(7-13-6-5-12-8-13)11(14)18-9-19(15-2,16-3)17-4/h5-6,8,10H,7,9H2,1-4H3. The average molecular weight is 288 g/mol. The third-order valence-electron chi connectivity index (χ3n) is 2.77. The van der Waals surface area contributed by atoms with Crippen molar-refractivity contribution in [2.45, 2.75) is 13.5 Å². The number of ether oxygens (including phenoxy) is 1. The van der Waals surface area contributed by atoms with Crippen LogP contribution in [0.2, 0.25) is 0 Å². The van der Waals surface area contributed by atoms with Gasteiger partial charge in [-0.05, 0) is 0 Å². The number of rotatable bonds is 8. The Morgan fingerprint density at radius 1 is 1.32 bits per heavy atom. The van der Waals surface area contributed by atoms with Crippen LogP contribution in [0.15, 0.2) is 18.7 Å². The Labute approximate surface area is 113 Å². The fraction of sp³-hybridized carbons (Fsp3) is 0.636. The summed E-state index contributed by atoms with van der Waals surface area (Å²) in [6.07, 6.45) is 5.12. The van der Waals surface area contributed by atoms with Crippen molar-refractivity contribution in [3.63, 3.8) is 0 Å². The van der Waals surface area contributed by atoms with E-state index in [0.717, 1.165) is 0 Å². The fourth-order valence-corrected chi connectivity index (χ4v) is 2.69. The highest BCUT2D eigenvalue weighted by Crippen LogP contribution is 2.09. The lowest BCUT2D eigenvalue weighted by atomic mass is 10.2. The normalized spacial score (nSPS) is 13.3. The van der Waals surface area contributed by atoms with E-state index in [1.165, 1.54) is 21.3 Å². The van der Waals surface area contributed by atoms with E-state index in [1.54, 1.807) is 25.6 Å².